The molecule has 1 N–H and O–H groups in total. The third kappa shape index (κ3) is 2.46. The lowest BCUT2D eigenvalue weighted by Gasteiger charge is -2.21. The fraction of sp³-hybridized carbons (Fsp3) is 0.471. The summed E-state index contributed by atoms with van der Waals surface area (Å²) in [5, 5.41) is 15.8. The van der Waals surface area contributed by atoms with Crippen LogP contribution in [0.5, 0.6) is 0 Å². The van der Waals surface area contributed by atoms with Gasteiger partial charge in [0.2, 0.25) is 0 Å². The minimum atomic E-state index is 0.137. The van der Waals surface area contributed by atoms with E-state index in [1.54, 1.807) is 0 Å². The Kier molecular flexibility index (Phi) is 3.50. The van der Waals surface area contributed by atoms with Crippen molar-refractivity contribution in [2.75, 3.05) is 6.54 Å². The molecule has 114 valence electrons. The van der Waals surface area contributed by atoms with Crippen LogP contribution in [0.25, 0.3) is 5.69 Å². The van der Waals surface area contributed by atoms with Gasteiger partial charge < -0.3 is 5.32 Å². The van der Waals surface area contributed by atoms with E-state index in [-0.39, 0.29) is 6.04 Å². The first-order valence-electron chi connectivity index (χ1n) is 8.06. The molecule has 1 fully saturated rings. The van der Waals surface area contributed by atoms with Gasteiger partial charge in [0, 0.05) is 0 Å². The van der Waals surface area contributed by atoms with E-state index in [2.05, 4.69) is 39.9 Å². The minimum Gasteiger partial charge on any atom is -0.307 e. The fourth-order valence-electron chi connectivity index (χ4n) is 3.77. The largest absolute Gasteiger partial charge is 0.307 e. The van der Waals surface area contributed by atoms with Crippen molar-refractivity contribution in [1.29, 1.82) is 0 Å². The second-order valence-corrected chi connectivity index (χ2v) is 6.45. The Morgan fingerprint density at radius 3 is 2.82 bits per heavy atom. The molecule has 0 spiro atoms. The summed E-state index contributed by atoms with van der Waals surface area (Å²) < 4.78 is 1.82. The highest BCUT2D eigenvalue weighted by molar-refractivity contribution is 5.30. The molecule has 0 radical (unpaired) electrons. The Hall–Kier alpha value is -2.01. The molecule has 1 saturated carbocycles. The van der Waals surface area contributed by atoms with E-state index in [9.17, 15) is 0 Å². The van der Waals surface area contributed by atoms with Gasteiger partial charge in [0.1, 0.15) is 0 Å². The Bertz CT molecular complexity index is 663. The van der Waals surface area contributed by atoms with Gasteiger partial charge in [0.15, 0.2) is 5.82 Å². The number of fused-ring (bicyclic) bond motifs is 2. The molecule has 0 amide bonds. The van der Waals surface area contributed by atoms with E-state index in [0.29, 0.717) is 0 Å². The van der Waals surface area contributed by atoms with Crippen LogP contribution < -0.4 is 5.32 Å². The highest BCUT2D eigenvalue weighted by Crippen LogP contribution is 2.43. The zero-order chi connectivity index (χ0) is 14.9. The highest BCUT2D eigenvalue weighted by Gasteiger charge is 2.35. The number of nitrogens with one attached hydrogen (secondary N) is 1. The first-order chi connectivity index (χ1) is 10.8. The monoisotopic (exact) mass is 295 g/mol. The SMILES string of the molecule is C[C@@H](NC[C@@H]1C[C@H]2C=C[C@H]1C2)c1nnnn1-c1ccccc1. The molecule has 2 aromatic rings. The van der Waals surface area contributed by atoms with Crippen LogP contribution >= 0.6 is 0 Å². The van der Waals surface area contributed by atoms with Crippen LogP contribution in [0.1, 0.15) is 31.6 Å². The normalized spacial score (nSPS) is 27.4. The van der Waals surface area contributed by atoms with Crippen LogP contribution in [-0.2, 0) is 0 Å². The Labute approximate surface area is 130 Å². The zero-order valence-corrected chi connectivity index (χ0v) is 12.8. The van der Waals surface area contributed by atoms with Crippen LogP contribution in [0, 0.1) is 17.8 Å². The average Bonchev–Trinajstić information content (AvgIpc) is 3.29. The molecule has 0 saturated heterocycles. The molecule has 1 aromatic carbocycles. The summed E-state index contributed by atoms with van der Waals surface area (Å²) >= 11 is 0. The van der Waals surface area contributed by atoms with Gasteiger partial charge in [0.25, 0.3) is 0 Å². The minimum absolute atomic E-state index is 0.137. The van der Waals surface area contributed by atoms with Crippen molar-refractivity contribution >= 4 is 0 Å². The van der Waals surface area contributed by atoms with Crippen molar-refractivity contribution in [2.24, 2.45) is 17.8 Å². The average molecular weight is 295 g/mol. The second kappa shape index (κ2) is 5.65. The lowest BCUT2D eigenvalue weighted by Crippen LogP contribution is -2.29. The summed E-state index contributed by atoms with van der Waals surface area (Å²) in [5.74, 6) is 3.22. The summed E-state index contributed by atoms with van der Waals surface area (Å²) in [7, 11) is 0. The molecular weight excluding hydrogens is 274 g/mol. The lowest BCUT2D eigenvalue weighted by atomic mass is 9.93. The quantitative estimate of drug-likeness (QED) is 0.861. The van der Waals surface area contributed by atoms with Crippen molar-refractivity contribution in [3.05, 3.63) is 48.3 Å². The van der Waals surface area contributed by atoms with Crippen LogP contribution in [0.15, 0.2) is 42.5 Å². The summed E-state index contributed by atoms with van der Waals surface area (Å²) in [6, 6.07) is 10.2. The topological polar surface area (TPSA) is 55.6 Å². The number of hydrogen-bond acceptors (Lipinski definition) is 4. The van der Waals surface area contributed by atoms with Gasteiger partial charge in [-0.15, -0.1) is 5.10 Å². The maximum Gasteiger partial charge on any atom is 0.173 e. The molecular formula is C17H21N5. The Balaban J connectivity index is 1.44. The molecule has 1 aromatic heterocycles. The number of rotatable bonds is 5. The van der Waals surface area contributed by atoms with Crippen molar-refractivity contribution in [1.82, 2.24) is 25.5 Å². The predicted molar refractivity (Wildman–Crippen MR) is 84.4 cm³/mol. The summed E-state index contributed by atoms with van der Waals surface area (Å²) in [5.41, 5.74) is 0.999. The smallest absolute Gasteiger partial charge is 0.173 e. The molecule has 5 heteroatoms. The van der Waals surface area contributed by atoms with Gasteiger partial charge in [-0.2, -0.15) is 4.68 Å². The number of nitrogens with zero attached hydrogens (tertiary/aromatic N) is 4. The highest BCUT2D eigenvalue weighted by atomic mass is 15.5. The van der Waals surface area contributed by atoms with Crippen molar-refractivity contribution in [3.8, 4) is 5.69 Å². The van der Waals surface area contributed by atoms with E-state index in [0.717, 1.165) is 35.8 Å². The van der Waals surface area contributed by atoms with Crippen LogP contribution in [0.3, 0.4) is 0 Å². The number of para-hydroxylation sites is 1. The van der Waals surface area contributed by atoms with Crippen LogP contribution in [-0.4, -0.2) is 26.8 Å². The third-order valence-electron chi connectivity index (χ3n) is 4.98. The van der Waals surface area contributed by atoms with Crippen molar-refractivity contribution < 1.29 is 0 Å². The summed E-state index contributed by atoms with van der Waals surface area (Å²) in [6.07, 6.45) is 7.47. The number of allylic oxidation sites excluding steroid dienone is 2. The van der Waals surface area contributed by atoms with E-state index in [1.807, 2.05) is 35.0 Å². The summed E-state index contributed by atoms with van der Waals surface area (Å²) in [6.45, 7) is 3.17. The molecule has 5 nitrogen and oxygen atoms in total. The fourth-order valence-corrected chi connectivity index (χ4v) is 3.77. The molecule has 0 aliphatic heterocycles. The van der Waals surface area contributed by atoms with Gasteiger partial charge in [-0.25, -0.2) is 0 Å². The molecule has 2 aliphatic rings. The van der Waals surface area contributed by atoms with Gasteiger partial charge in [0.05, 0.1) is 11.7 Å². The van der Waals surface area contributed by atoms with E-state index in [1.165, 1.54) is 12.8 Å². The Morgan fingerprint density at radius 1 is 1.23 bits per heavy atom. The van der Waals surface area contributed by atoms with Crippen LogP contribution in [0.4, 0.5) is 0 Å². The third-order valence-corrected chi connectivity index (χ3v) is 4.98. The van der Waals surface area contributed by atoms with Gasteiger partial charge in [-0.1, -0.05) is 30.4 Å². The number of aromatic nitrogens is 4. The standard InChI is InChI=1S/C17H21N5/c1-12(18-11-15-10-13-7-8-14(15)9-13)17-19-20-21-22(17)16-5-3-2-4-6-16/h2-8,12-15,18H,9-11H2,1H3/t12-,13+,14+,15+/m1/s1. The van der Waals surface area contributed by atoms with Gasteiger partial charge in [-0.3, -0.25) is 0 Å². The second-order valence-electron chi connectivity index (χ2n) is 6.45. The van der Waals surface area contributed by atoms with E-state index >= 15 is 0 Å². The van der Waals surface area contributed by atoms with E-state index in [4.69, 9.17) is 0 Å². The first kappa shape index (κ1) is 13.6. The predicted octanol–water partition coefficient (Wildman–Crippen LogP) is 2.53. The first-order valence-corrected chi connectivity index (χ1v) is 8.06. The molecule has 22 heavy (non-hydrogen) atoms. The molecule has 1 heterocycles. The molecule has 4 rings (SSSR count). The maximum absolute atomic E-state index is 4.21. The Morgan fingerprint density at radius 2 is 2.09 bits per heavy atom. The maximum atomic E-state index is 4.21. The molecule has 4 atom stereocenters. The molecule has 2 aliphatic carbocycles. The molecule has 2 bridgehead atoms. The van der Waals surface area contributed by atoms with Crippen molar-refractivity contribution in [3.63, 3.8) is 0 Å². The van der Waals surface area contributed by atoms with Gasteiger partial charge >= 0.3 is 0 Å². The van der Waals surface area contributed by atoms with Crippen molar-refractivity contribution in [2.45, 2.75) is 25.8 Å². The summed E-state index contributed by atoms with van der Waals surface area (Å²) in [4.78, 5) is 0. The number of hydrogen-bond donors (Lipinski definition) is 1. The van der Waals surface area contributed by atoms with Gasteiger partial charge in [-0.05, 0) is 66.6 Å². The van der Waals surface area contributed by atoms with E-state index < -0.39 is 0 Å². The number of benzene rings is 1. The zero-order valence-electron chi connectivity index (χ0n) is 12.8. The van der Waals surface area contributed by atoms with Crippen LogP contribution in [0.2, 0.25) is 0 Å². The number of tetrazole rings is 1. The lowest BCUT2D eigenvalue weighted by molar-refractivity contribution is 0.386. The molecule has 0 unspecified atom stereocenters.